The molecule has 1 N–H and O–H groups in total. The third kappa shape index (κ3) is 3.83. The lowest BCUT2D eigenvalue weighted by Crippen LogP contribution is -2.07. The molecule has 3 heteroatoms. The molecule has 0 radical (unpaired) electrons. The van der Waals surface area contributed by atoms with E-state index >= 15 is 0 Å². The van der Waals surface area contributed by atoms with E-state index in [9.17, 15) is 4.79 Å². The van der Waals surface area contributed by atoms with Crippen molar-refractivity contribution < 1.29 is 4.79 Å². The predicted molar refractivity (Wildman–Crippen MR) is 95.2 cm³/mol. The first kappa shape index (κ1) is 15.0. The van der Waals surface area contributed by atoms with Gasteiger partial charge in [0, 0.05) is 17.1 Å². The molecule has 3 nitrogen and oxygen atoms in total. The first-order valence-corrected chi connectivity index (χ1v) is 7.68. The van der Waals surface area contributed by atoms with E-state index < -0.39 is 0 Å². The maximum atomic E-state index is 12.0. The maximum Gasteiger partial charge on any atom is 0.248 e. The number of benzene rings is 2. The largest absolute Gasteiger partial charge is 0.323 e. The molecule has 0 saturated heterocycles. The average molecular weight is 302 g/mol. The number of rotatable bonds is 4. The fourth-order valence-corrected chi connectivity index (χ4v) is 2.39. The summed E-state index contributed by atoms with van der Waals surface area (Å²) in [6.45, 7) is 2.09. The van der Waals surface area contributed by atoms with Gasteiger partial charge >= 0.3 is 0 Å². The zero-order valence-electron chi connectivity index (χ0n) is 13.0. The third-order valence-electron chi connectivity index (χ3n) is 3.63. The van der Waals surface area contributed by atoms with Crippen LogP contribution in [0.3, 0.4) is 0 Å². The lowest BCUT2D eigenvalue weighted by molar-refractivity contribution is -0.111. The van der Waals surface area contributed by atoms with Crippen molar-refractivity contribution in [2.24, 2.45) is 0 Å². The molecule has 0 saturated carbocycles. The molecular formula is C20H18N2O. The van der Waals surface area contributed by atoms with Crippen molar-refractivity contribution >= 4 is 28.6 Å². The van der Waals surface area contributed by atoms with Crippen LogP contribution in [0.4, 0.5) is 5.69 Å². The Morgan fingerprint density at radius 2 is 1.96 bits per heavy atom. The van der Waals surface area contributed by atoms with Crippen LogP contribution in [-0.4, -0.2) is 10.9 Å². The molecule has 0 bridgehead atoms. The van der Waals surface area contributed by atoms with Crippen molar-refractivity contribution in [2.75, 3.05) is 5.32 Å². The molecule has 0 spiro atoms. The fourth-order valence-electron chi connectivity index (χ4n) is 2.39. The zero-order chi connectivity index (χ0) is 16.1. The van der Waals surface area contributed by atoms with Gasteiger partial charge in [0.2, 0.25) is 5.91 Å². The highest BCUT2D eigenvalue weighted by molar-refractivity contribution is 6.02. The molecule has 1 amide bonds. The number of aromatic nitrogens is 1. The second kappa shape index (κ2) is 6.88. The van der Waals surface area contributed by atoms with Gasteiger partial charge in [0.05, 0.1) is 11.2 Å². The molecule has 0 aliphatic rings. The van der Waals surface area contributed by atoms with E-state index in [1.54, 1.807) is 6.08 Å². The summed E-state index contributed by atoms with van der Waals surface area (Å²) in [4.78, 5) is 16.5. The van der Waals surface area contributed by atoms with Crippen molar-refractivity contribution in [1.29, 1.82) is 0 Å². The van der Waals surface area contributed by atoms with Crippen molar-refractivity contribution in [3.05, 3.63) is 78.0 Å². The van der Waals surface area contributed by atoms with Crippen LogP contribution in [0, 0.1) is 0 Å². The second-order valence-electron chi connectivity index (χ2n) is 5.31. The summed E-state index contributed by atoms with van der Waals surface area (Å²) in [6.07, 6.45) is 4.18. The van der Waals surface area contributed by atoms with Crippen LogP contribution in [0.5, 0.6) is 0 Å². The number of aryl methyl sites for hydroxylation is 1. The van der Waals surface area contributed by atoms with Gasteiger partial charge in [0.15, 0.2) is 0 Å². The van der Waals surface area contributed by atoms with Crippen LogP contribution in [0.2, 0.25) is 0 Å². The van der Waals surface area contributed by atoms with Crippen molar-refractivity contribution in [3.8, 4) is 0 Å². The van der Waals surface area contributed by atoms with Crippen LogP contribution < -0.4 is 5.32 Å². The number of nitrogens with one attached hydrogen (secondary N) is 1. The highest BCUT2D eigenvalue weighted by Crippen LogP contribution is 2.13. The molecule has 23 heavy (non-hydrogen) atoms. The number of fused-ring (bicyclic) bond motifs is 1. The van der Waals surface area contributed by atoms with Gasteiger partial charge in [-0.25, -0.2) is 4.98 Å². The first-order valence-electron chi connectivity index (χ1n) is 7.68. The minimum Gasteiger partial charge on any atom is -0.323 e. The number of para-hydroxylation sites is 1. The van der Waals surface area contributed by atoms with Gasteiger partial charge < -0.3 is 5.32 Å². The Morgan fingerprint density at radius 1 is 1.09 bits per heavy atom. The van der Waals surface area contributed by atoms with Crippen molar-refractivity contribution in [1.82, 2.24) is 4.98 Å². The minimum atomic E-state index is -0.159. The van der Waals surface area contributed by atoms with E-state index in [4.69, 9.17) is 0 Å². The van der Waals surface area contributed by atoms with E-state index in [2.05, 4.69) is 17.2 Å². The number of anilines is 1. The molecule has 1 heterocycles. The Kier molecular flexibility index (Phi) is 4.48. The van der Waals surface area contributed by atoms with Crippen molar-refractivity contribution in [3.63, 3.8) is 0 Å². The van der Waals surface area contributed by atoms with Crippen LogP contribution in [0.15, 0.2) is 66.7 Å². The summed E-state index contributed by atoms with van der Waals surface area (Å²) in [5.41, 5.74) is 3.69. The molecule has 0 aliphatic carbocycles. The lowest BCUT2D eigenvalue weighted by atomic mass is 10.1. The van der Waals surface area contributed by atoms with Gasteiger partial charge in [-0.2, -0.15) is 0 Å². The second-order valence-corrected chi connectivity index (χ2v) is 5.31. The highest BCUT2D eigenvalue weighted by atomic mass is 16.1. The average Bonchev–Trinajstić information content (AvgIpc) is 2.60. The number of carbonyl (C=O) groups is 1. The summed E-state index contributed by atoms with van der Waals surface area (Å²) in [5, 5.41) is 3.96. The SMILES string of the molecule is CCc1cccc(NC(=O)C=Cc2ccc3ccccc3n2)c1. The molecule has 1 aromatic heterocycles. The molecule has 0 atom stereocenters. The Balaban J connectivity index is 1.71. The molecule has 3 rings (SSSR count). The summed E-state index contributed by atoms with van der Waals surface area (Å²) in [6, 6.07) is 19.7. The topological polar surface area (TPSA) is 42.0 Å². The molecule has 0 fully saturated rings. The molecule has 114 valence electrons. The number of nitrogens with zero attached hydrogens (tertiary/aromatic N) is 1. The van der Waals surface area contributed by atoms with Gasteiger partial charge in [-0.3, -0.25) is 4.79 Å². The molecule has 0 aliphatic heterocycles. The fraction of sp³-hybridized carbons (Fsp3) is 0.100. The summed E-state index contributed by atoms with van der Waals surface area (Å²) in [7, 11) is 0. The van der Waals surface area contributed by atoms with Crippen LogP contribution >= 0.6 is 0 Å². The Hall–Kier alpha value is -2.94. The number of amides is 1. The highest BCUT2D eigenvalue weighted by Gasteiger charge is 2.00. The maximum absolute atomic E-state index is 12.0. The van der Waals surface area contributed by atoms with E-state index in [1.807, 2.05) is 60.7 Å². The predicted octanol–water partition coefficient (Wildman–Crippen LogP) is 4.45. The first-order chi connectivity index (χ1) is 11.2. The molecular weight excluding hydrogens is 284 g/mol. The molecule has 3 aromatic rings. The number of pyridine rings is 1. The Morgan fingerprint density at radius 3 is 2.83 bits per heavy atom. The minimum absolute atomic E-state index is 0.159. The normalized spacial score (nSPS) is 11.0. The van der Waals surface area contributed by atoms with Gasteiger partial charge in [-0.1, -0.05) is 43.3 Å². The standard InChI is InChI=1S/C20H18N2O/c1-2-15-6-5-8-18(14-15)22-20(23)13-12-17-11-10-16-7-3-4-9-19(16)21-17/h3-14H,2H2,1H3,(H,22,23). The molecule has 0 unspecified atom stereocenters. The van der Waals surface area contributed by atoms with Crippen molar-refractivity contribution in [2.45, 2.75) is 13.3 Å². The molecule has 2 aromatic carbocycles. The smallest absolute Gasteiger partial charge is 0.248 e. The lowest BCUT2D eigenvalue weighted by Gasteiger charge is -2.04. The number of hydrogen-bond donors (Lipinski definition) is 1. The summed E-state index contributed by atoms with van der Waals surface area (Å²) >= 11 is 0. The van der Waals surface area contributed by atoms with E-state index in [1.165, 1.54) is 11.6 Å². The van der Waals surface area contributed by atoms with E-state index in [-0.39, 0.29) is 5.91 Å². The quantitative estimate of drug-likeness (QED) is 0.723. The van der Waals surface area contributed by atoms with E-state index in [0.29, 0.717) is 0 Å². The van der Waals surface area contributed by atoms with Gasteiger partial charge in [-0.15, -0.1) is 0 Å². The zero-order valence-corrected chi connectivity index (χ0v) is 13.0. The van der Waals surface area contributed by atoms with Crippen LogP contribution in [0.1, 0.15) is 18.2 Å². The number of hydrogen-bond acceptors (Lipinski definition) is 2. The van der Waals surface area contributed by atoms with Gasteiger partial charge in [0.1, 0.15) is 0 Å². The summed E-state index contributed by atoms with van der Waals surface area (Å²) < 4.78 is 0. The third-order valence-corrected chi connectivity index (χ3v) is 3.63. The van der Waals surface area contributed by atoms with Gasteiger partial charge in [0.25, 0.3) is 0 Å². The Bertz CT molecular complexity index is 868. The van der Waals surface area contributed by atoms with Gasteiger partial charge in [-0.05, 0) is 42.3 Å². The van der Waals surface area contributed by atoms with Crippen LogP contribution in [0.25, 0.3) is 17.0 Å². The summed E-state index contributed by atoms with van der Waals surface area (Å²) in [5.74, 6) is -0.159. The van der Waals surface area contributed by atoms with Crippen LogP contribution in [-0.2, 0) is 11.2 Å². The Labute approximate surface area is 135 Å². The monoisotopic (exact) mass is 302 g/mol. The number of carbonyl (C=O) groups excluding carboxylic acids is 1. The van der Waals surface area contributed by atoms with E-state index in [0.717, 1.165) is 28.7 Å².